The smallest absolute Gasteiger partial charge is 0.406 e. The monoisotopic (exact) mass is 472 g/mol. The summed E-state index contributed by atoms with van der Waals surface area (Å²) in [6.07, 6.45) is -4.49. The molecule has 1 amide bonds. The zero-order valence-electron chi connectivity index (χ0n) is 17.1. The van der Waals surface area contributed by atoms with Gasteiger partial charge >= 0.3 is 6.36 Å². The summed E-state index contributed by atoms with van der Waals surface area (Å²) >= 11 is 5.28. The molecule has 0 fully saturated rings. The minimum atomic E-state index is -4.78. The minimum absolute atomic E-state index is 0.0948. The first kappa shape index (κ1) is 23.8. The van der Waals surface area contributed by atoms with E-state index in [9.17, 15) is 18.0 Å². The van der Waals surface area contributed by atoms with Crippen LogP contribution in [-0.4, -0.2) is 30.0 Å². The number of hydrogen-bond donors (Lipinski definition) is 3. The van der Waals surface area contributed by atoms with E-state index < -0.39 is 18.3 Å². The highest BCUT2D eigenvalue weighted by atomic mass is 32.1. The Hall–Kier alpha value is -3.84. The van der Waals surface area contributed by atoms with Gasteiger partial charge in [-0.05, 0) is 52.8 Å². The third-order valence-electron chi connectivity index (χ3n) is 4.56. The van der Waals surface area contributed by atoms with Crippen LogP contribution in [0.3, 0.4) is 0 Å². The van der Waals surface area contributed by atoms with Crippen molar-refractivity contribution in [3.8, 4) is 11.8 Å². The molecule has 33 heavy (non-hydrogen) atoms. The molecular weight excluding hydrogens is 453 g/mol. The van der Waals surface area contributed by atoms with E-state index in [2.05, 4.69) is 20.7 Å². The van der Waals surface area contributed by atoms with Gasteiger partial charge in [0, 0.05) is 12.1 Å². The molecule has 0 spiro atoms. The van der Waals surface area contributed by atoms with Crippen molar-refractivity contribution in [1.29, 1.82) is 5.26 Å². The number of thiocarbonyl (C=S) groups is 1. The maximum Gasteiger partial charge on any atom is 0.573 e. The fraction of sp³-hybridized carbons (Fsp3) is 0.174. The molecule has 0 saturated carbocycles. The summed E-state index contributed by atoms with van der Waals surface area (Å²) in [6.45, 7) is -0.157. The lowest BCUT2D eigenvalue weighted by molar-refractivity contribution is -0.274. The SMILES string of the molecule is N#CCNC(=O)C(Cc1ccc2ccccc2c1)NC(=S)Nc1ccc(OC(F)(F)F)cc1. The summed E-state index contributed by atoms with van der Waals surface area (Å²) in [5.41, 5.74) is 1.29. The van der Waals surface area contributed by atoms with Gasteiger partial charge in [0.2, 0.25) is 5.91 Å². The van der Waals surface area contributed by atoms with Gasteiger partial charge in [-0.2, -0.15) is 5.26 Å². The zero-order valence-corrected chi connectivity index (χ0v) is 18.0. The van der Waals surface area contributed by atoms with E-state index in [0.717, 1.165) is 28.5 Å². The Kier molecular flexibility index (Phi) is 7.69. The number of anilines is 1. The number of carbonyl (C=O) groups is 1. The van der Waals surface area contributed by atoms with Crippen molar-refractivity contribution in [2.24, 2.45) is 0 Å². The van der Waals surface area contributed by atoms with Crippen LogP contribution < -0.4 is 20.7 Å². The van der Waals surface area contributed by atoms with Crippen molar-refractivity contribution < 1.29 is 22.7 Å². The number of fused-ring (bicyclic) bond motifs is 1. The molecule has 0 aliphatic carbocycles. The predicted molar refractivity (Wildman–Crippen MR) is 123 cm³/mol. The van der Waals surface area contributed by atoms with Crippen LogP contribution in [0.25, 0.3) is 10.8 Å². The third-order valence-corrected chi connectivity index (χ3v) is 4.78. The number of carbonyl (C=O) groups excluding carboxylic acids is 1. The van der Waals surface area contributed by atoms with Crippen LogP contribution in [0, 0.1) is 11.3 Å². The van der Waals surface area contributed by atoms with Crippen molar-refractivity contribution in [1.82, 2.24) is 10.6 Å². The first-order valence-electron chi connectivity index (χ1n) is 9.79. The lowest BCUT2D eigenvalue weighted by atomic mass is 10.0. The van der Waals surface area contributed by atoms with Gasteiger partial charge in [0.25, 0.3) is 0 Å². The summed E-state index contributed by atoms with van der Waals surface area (Å²) in [7, 11) is 0. The quantitative estimate of drug-likeness (QED) is 0.352. The summed E-state index contributed by atoms with van der Waals surface area (Å²) in [5.74, 6) is -0.778. The van der Waals surface area contributed by atoms with Gasteiger partial charge in [0.1, 0.15) is 18.3 Å². The molecule has 1 unspecified atom stereocenters. The number of benzene rings is 3. The highest BCUT2D eigenvalue weighted by Gasteiger charge is 2.31. The topological polar surface area (TPSA) is 86.2 Å². The van der Waals surface area contributed by atoms with Crippen molar-refractivity contribution in [3.63, 3.8) is 0 Å². The van der Waals surface area contributed by atoms with Gasteiger partial charge in [-0.1, -0.05) is 42.5 Å². The van der Waals surface area contributed by atoms with E-state index in [1.54, 1.807) is 0 Å². The van der Waals surface area contributed by atoms with Crippen LogP contribution in [-0.2, 0) is 11.2 Å². The number of amides is 1. The fourth-order valence-electron chi connectivity index (χ4n) is 3.13. The number of nitriles is 1. The largest absolute Gasteiger partial charge is 0.573 e. The summed E-state index contributed by atoms with van der Waals surface area (Å²) in [5, 5.41) is 19.2. The molecule has 3 aromatic carbocycles. The highest BCUT2D eigenvalue weighted by molar-refractivity contribution is 7.80. The van der Waals surface area contributed by atoms with E-state index in [0.29, 0.717) is 12.1 Å². The number of halogens is 3. The van der Waals surface area contributed by atoms with E-state index in [-0.39, 0.29) is 17.4 Å². The average Bonchev–Trinajstić information content (AvgIpc) is 2.77. The second kappa shape index (κ2) is 10.7. The molecule has 3 N–H and O–H groups in total. The van der Waals surface area contributed by atoms with Crippen LogP contribution >= 0.6 is 12.2 Å². The number of rotatable bonds is 7. The fourth-order valence-corrected chi connectivity index (χ4v) is 3.39. The summed E-state index contributed by atoms with van der Waals surface area (Å²) in [4.78, 5) is 12.6. The van der Waals surface area contributed by atoms with Crippen molar-refractivity contribution >= 4 is 39.7 Å². The predicted octanol–water partition coefficient (Wildman–Crippen LogP) is 4.28. The van der Waals surface area contributed by atoms with Crippen molar-refractivity contribution in [2.75, 3.05) is 11.9 Å². The second-order valence-corrected chi connectivity index (χ2v) is 7.39. The number of nitrogens with one attached hydrogen (secondary N) is 3. The molecule has 0 saturated heterocycles. The lowest BCUT2D eigenvalue weighted by Gasteiger charge is -2.20. The minimum Gasteiger partial charge on any atom is -0.406 e. The highest BCUT2D eigenvalue weighted by Crippen LogP contribution is 2.24. The molecule has 6 nitrogen and oxygen atoms in total. The maximum absolute atomic E-state index is 12.6. The molecule has 1 atom stereocenters. The molecule has 3 aromatic rings. The molecule has 170 valence electrons. The van der Waals surface area contributed by atoms with E-state index in [4.69, 9.17) is 17.5 Å². The molecule has 0 radical (unpaired) electrons. The van der Waals surface area contributed by atoms with E-state index in [1.807, 2.05) is 48.5 Å². The Morgan fingerprint density at radius 3 is 2.42 bits per heavy atom. The van der Waals surface area contributed by atoms with Crippen molar-refractivity contribution in [2.45, 2.75) is 18.8 Å². The molecule has 0 aliphatic heterocycles. The van der Waals surface area contributed by atoms with Crippen LogP contribution in [0.15, 0.2) is 66.7 Å². The molecule has 0 aromatic heterocycles. The maximum atomic E-state index is 12.6. The Balaban J connectivity index is 1.69. The van der Waals surface area contributed by atoms with Crippen LogP contribution in [0.2, 0.25) is 0 Å². The van der Waals surface area contributed by atoms with E-state index >= 15 is 0 Å². The zero-order chi connectivity index (χ0) is 23.8. The normalized spacial score (nSPS) is 11.8. The van der Waals surface area contributed by atoms with Gasteiger partial charge < -0.3 is 20.7 Å². The average molecular weight is 472 g/mol. The standard InChI is InChI=1S/C23H19F3N4O2S/c24-23(25,26)32-19-9-7-18(8-10-19)29-22(33)30-20(21(31)28-12-11-27)14-15-5-6-16-3-1-2-4-17(16)13-15/h1-10,13,20H,12,14H2,(H,28,31)(H2,29,30,33). The molecule has 10 heteroatoms. The van der Waals surface area contributed by atoms with E-state index in [1.165, 1.54) is 12.1 Å². The van der Waals surface area contributed by atoms with Crippen LogP contribution in [0.1, 0.15) is 5.56 Å². The van der Waals surface area contributed by atoms with Crippen LogP contribution in [0.4, 0.5) is 18.9 Å². The molecular formula is C23H19F3N4O2S. The third kappa shape index (κ3) is 7.36. The Morgan fingerprint density at radius 2 is 1.76 bits per heavy atom. The van der Waals surface area contributed by atoms with Gasteiger partial charge in [0.05, 0.1) is 6.07 Å². The Morgan fingerprint density at radius 1 is 1.06 bits per heavy atom. The number of hydrogen-bond acceptors (Lipinski definition) is 4. The van der Waals surface area contributed by atoms with Crippen molar-refractivity contribution in [3.05, 3.63) is 72.3 Å². The second-order valence-electron chi connectivity index (χ2n) is 6.98. The Labute approximate surface area is 193 Å². The Bertz CT molecular complexity index is 1180. The van der Waals surface area contributed by atoms with Gasteiger partial charge in [0.15, 0.2) is 5.11 Å². The molecule has 0 heterocycles. The van der Waals surface area contributed by atoms with Gasteiger partial charge in [-0.3, -0.25) is 4.79 Å². The molecule has 0 aliphatic rings. The van der Waals surface area contributed by atoms with Gasteiger partial charge in [-0.25, -0.2) is 0 Å². The van der Waals surface area contributed by atoms with Crippen LogP contribution in [0.5, 0.6) is 5.75 Å². The lowest BCUT2D eigenvalue weighted by Crippen LogP contribution is -2.49. The number of alkyl halides is 3. The number of ether oxygens (including phenoxy) is 1. The molecule has 3 rings (SSSR count). The van der Waals surface area contributed by atoms with Gasteiger partial charge in [-0.15, -0.1) is 13.2 Å². The molecule has 0 bridgehead atoms. The first-order valence-corrected chi connectivity index (χ1v) is 10.2. The number of nitrogens with zero attached hydrogens (tertiary/aromatic N) is 1. The first-order chi connectivity index (χ1) is 15.7. The summed E-state index contributed by atoms with van der Waals surface area (Å²) in [6, 6.07) is 19.7. The summed E-state index contributed by atoms with van der Waals surface area (Å²) < 4.78 is 40.7.